The lowest BCUT2D eigenvalue weighted by Crippen LogP contribution is -2.12. The summed E-state index contributed by atoms with van der Waals surface area (Å²) in [5.74, 6) is 0.281. The topological polar surface area (TPSA) is 68.2 Å². The Labute approximate surface area is 169 Å². The van der Waals surface area contributed by atoms with Crippen molar-refractivity contribution >= 4 is 18.4 Å². The predicted molar refractivity (Wildman–Crippen MR) is 110 cm³/mol. The number of methoxy groups -OCH3 is 3. The Hall–Kier alpha value is -1.66. The second-order valence-corrected chi connectivity index (χ2v) is 6.65. The highest BCUT2D eigenvalue weighted by Crippen LogP contribution is 2.42. The van der Waals surface area contributed by atoms with Gasteiger partial charge in [0.25, 0.3) is 0 Å². The van der Waals surface area contributed by atoms with Crippen LogP contribution in [0.1, 0.15) is 54.4 Å². The molecule has 0 amide bonds. The van der Waals surface area contributed by atoms with Crippen molar-refractivity contribution < 1.29 is 24.1 Å². The summed E-state index contributed by atoms with van der Waals surface area (Å²) in [5, 5.41) is 9.56. The molecule has 0 aliphatic carbocycles. The molecular formula is C20H34ClNO5. The molecule has 0 atom stereocenters. The van der Waals surface area contributed by atoms with Gasteiger partial charge in [-0.15, -0.1) is 12.4 Å². The predicted octanol–water partition coefficient (Wildman–Crippen LogP) is 4.28. The van der Waals surface area contributed by atoms with E-state index in [1.54, 1.807) is 0 Å². The number of carboxylic acids is 1. The highest BCUT2D eigenvalue weighted by molar-refractivity contribution is 5.92. The van der Waals surface area contributed by atoms with E-state index in [0.29, 0.717) is 29.2 Å². The van der Waals surface area contributed by atoms with Crippen LogP contribution in [0.3, 0.4) is 0 Å². The van der Waals surface area contributed by atoms with E-state index in [2.05, 4.69) is 19.0 Å². The van der Waals surface area contributed by atoms with Crippen LogP contribution in [0, 0.1) is 0 Å². The van der Waals surface area contributed by atoms with E-state index in [0.717, 1.165) is 25.8 Å². The quantitative estimate of drug-likeness (QED) is 0.496. The van der Waals surface area contributed by atoms with E-state index in [9.17, 15) is 9.90 Å². The molecular weight excluding hydrogens is 370 g/mol. The second kappa shape index (κ2) is 13.5. The van der Waals surface area contributed by atoms with Gasteiger partial charge in [0.1, 0.15) is 0 Å². The number of ether oxygens (including phenoxy) is 3. The lowest BCUT2D eigenvalue weighted by molar-refractivity contribution is 0.0694. The number of rotatable bonds is 13. The molecule has 0 saturated carbocycles. The Morgan fingerprint density at radius 1 is 0.926 bits per heavy atom. The van der Waals surface area contributed by atoms with Crippen molar-refractivity contribution in [2.75, 3.05) is 42.0 Å². The molecule has 27 heavy (non-hydrogen) atoms. The number of unbranched alkanes of at least 4 members (excludes halogenated alkanes) is 5. The minimum Gasteiger partial charge on any atom is -0.493 e. The molecule has 1 aromatic rings. The largest absolute Gasteiger partial charge is 0.493 e. The minimum atomic E-state index is -0.983. The third kappa shape index (κ3) is 7.85. The fourth-order valence-electron chi connectivity index (χ4n) is 3.09. The Balaban J connectivity index is 0.00000676. The van der Waals surface area contributed by atoms with Crippen molar-refractivity contribution in [3.05, 3.63) is 17.2 Å². The number of halogens is 1. The van der Waals surface area contributed by atoms with Crippen molar-refractivity contribution in [2.45, 2.75) is 44.9 Å². The summed E-state index contributed by atoms with van der Waals surface area (Å²) in [4.78, 5) is 13.9. The molecule has 1 rings (SSSR count). The maximum atomic E-state index is 11.7. The Bertz CT molecular complexity index is 578. The van der Waals surface area contributed by atoms with Gasteiger partial charge < -0.3 is 24.2 Å². The molecule has 6 nitrogen and oxygen atoms in total. The van der Waals surface area contributed by atoms with Crippen LogP contribution in [0.2, 0.25) is 0 Å². The standard InChI is InChI=1S/C20H33NO5.ClH/c1-21(2)13-11-9-7-6-8-10-12-15-16(20(22)23)14-17(24-3)19(26-5)18(15)25-4;/h14H,6-13H2,1-5H3,(H,22,23);1H. The number of aromatic carboxylic acids is 1. The Morgan fingerprint density at radius 2 is 1.48 bits per heavy atom. The zero-order valence-corrected chi connectivity index (χ0v) is 18.0. The molecule has 1 aromatic carbocycles. The molecule has 0 aromatic heterocycles. The normalized spacial score (nSPS) is 10.4. The maximum Gasteiger partial charge on any atom is 0.336 e. The average Bonchev–Trinajstić information content (AvgIpc) is 2.61. The fraction of sp³-hybridized carbons (Fsp3) is 0.650. The lowest BCUT2D eigenvalue weighted by atomic mass is 9.98. The van der Waals surface area contributed by atoms with E-state index in [-0.39, 0.29) is 18.0 Å². The van der Waals surface area contributed by atoms with Crippen LogP contribution >= 0.6 is 12.4 Å². The smallest absolute Gasteiger partial charge is 0.336 e. The van der Waals surface area contributed by atoms with Gasteiger partial charge in [-0.05, 0) is 46.0 Å². The van der Waals surface area contributed by atoms with Gasteiger partial charge in [0, 0.05) is 5.56 Å². The van der Waals surface area contributed by atoms with Crippen LogP contribution in [-0.4, -0.2) is 57.9 Å². The van der Waals surface area contributed by atoms with Crippen LogP contribution in [0.5, 0.6) is 17.2 Å². The number of hydrogen-bond donors (Lipinski definition) is 1. The van der Waals surface area contributed by atoms with Crippen LogP contribution in [0.15, 0.2) is 6.07 Å². The molecule has 0 saturated heterocycles. The van der Waals surface area contributed by atoms with Crippen LogP contribution in [-0.2, 0) is 6.42 Å². The molecule has 0 aliphatic heterocycles. The van der Waals surface area contributed by atoms with E-state index in [4.69, 9.17) is 14.2 Å². The lowest BCUT2D eigenvalue weighted by Gasteiger charge is -2.18. The first kappa shape index (κ1) is 25.3. The summed E-state index contributed by atoms with van der Waals surface area (Å²) in [6, 6.07) is 1.51. The number of benzene rings is 1. The van der Waals surface area contributed by atoms with Crippen molar-refractivity contribution in [1.29, 1.82) is 0 Å². The van der Waals surface area contributed by atoms with Crippen molar-refractivity contribution in [3.63, 3.8) is 0 Å². The molecule has 0 bridgehead atoms. The number of carbonyl (C=O) groups is 1. The van der Waals surface area contributed by atoms with Crippen molar-refractivity contribution in [1.82, 2.24) is 4.90 Å². The summed E-state index contributed by atoms with van der Waals surface area (Å²) in [6.45, 7) is 1.13. The third-order valence-electron chi connectivity index (χ3n) is 4.45. The summed E-state index contributed by atoms with van der Waals surface area (Å²) in [6.07, 6.45) is 7.45. The minimum absolute atomic E-state index is 0. The molecule has 0 radical (unpaired) electrons. The van der Waals surface area contributed by atoms with Gasteiger partial charge in [-0.25, -0.2) is 4.79 Å². The molecule has 0 aliphatic rings. The molecule has 7 heteroatoms. The zero-order chi connectivity index (χ0) is 19.5. The number of carboxylic acid groups (broad SMARTS) is 1. The van der Waals surface area contributed by atoms with Crippen LogP contribution < -0.4 is 14.2 Å². The van der Waals surface area contributed by atoms with Crippen LogP contribution in [0.4, 0.5) is 0 Å². The van der Waals surface area contributed by atoms with Gasteiger partial charge in [-0.1, -0.05) is 25.7 Å². The van der Waals surface area contributed by atoms with Gasteiger partial charge >= 0.3 is 5.97 Å². The highest BCUT2D eigenvalue weighted by atomic mass is 35.5. The van der Waals surface area contributed by atoms with Gasteiger partial charge in [-0.2, -0.15) is 0 Å². The molecule has 1 N–H and O–H groups in total. The third-order valence-corrected chi connectivity index (χ3v) is 4.45. The molecule has 156 valence electrons. The van der Waals surface area contributed by atoms with Gasteiger partial charge in [0.2, 0.25) is 5.75 Å². The van der Waals surface area contributed by atoms with Gasteiger partial charge in [-0.3, -0.25) is 0 Å². The van der Waals surface area contributed by atoms with Crippen molar-refractivity contribution in [2.24, 2.45) is 0 Å². The first-order valence-corrected chi connectivity index (χ1v) is 9.16. The summed E-state index contributed by atoms with van der Waals surface area (Å²) in [5.41, 5.74) is 0.885. The first-order chi connectivity index (χ1) is 12.5. The zero-order valence-electron chi connectivity index (χ0n) is 17.2. The highest BCUT2D eigenvalue weighted by Gasteiger charge is 2.23. The number of hydrogen-bond acceptors (Lipinski definition) is 5. The van der Waals surface area contributed by atoms with E-state index in [1.165, 1.54) is 46.7 Å². The van der Waals surface area contributed by atoms with Gasteiger partial charge in [0.15, 0.2) is 11.5 Å². The Morgan fingerprint density at radius 3 is 1.96 bits per heavy atom. The fourth-order valence-corrected chi connectivity index (χ4v) is 3.09. The second-order valence-electron chi connectivity index (χ2n) is 6.65. The monoisotopic (exact) mass is 403 g/mol. The summed E-state index contributed by atoms with van der Waals surface area (Å²) >= 11 is 0. The average molecular weight is 404 g/mol. The summed E-state index contributed by atoms with van der Waals surface area (Å²) < 4.78 is 16.1. The van der Waals surface area contributed by atoms with Crippen molar-refractivity contribution in [3.8, 4) is 17.2 Å². The molecule has 0 fully saturated rings. The Kier molecular flexibility index (Phi) is 12.7. The molecule has 0 spiro atoms. The first-order valence-electron chi connectivity index (χ1n) is 9.16. The SMILES string of the molecule is COc1cc(C(=O)O)c(CCCCCCCCN(C)C)c(OC)c1OC.Cl. The van der Waals surface area contributed by atoms with E-state index < -0.39 is 5.97 Å². The summed E-state index contributed by atoms with van der Waals surface area (Å²) in [7, 11) is 8.72. The maximum absolute atomic E-state index is 11.7. The van der Waals surface area contributed by atoms with Gasteiger partial charge in [0.05, 0.1) is 26.9 Å². The molecule has 0 heterocycles. The van der Waals surface area contributed by atoms with E-state index in [1.807, 2.05) is 0 Å². The molecule has 0 unspecified atom stereocenters. The number of nitrogens with zero attached hydrogens (tertiary/aromatic N) is 1. The van der Waals surface area contributed by atoms with E-state index >= 15 is 0 Å². The van der Waals surface area contributed by atoms with Crippen LogP contribution in [0.25, 0.3) is 0 Å².